The molecule has 1 unspecified atom stereocenters. The van der Waals surface area contributed by atoms with Crippen LogP contribution in [0.3, 0.4) is 0 Å². The summed E-state index contributed by atoms with van der Waals surface area (Å²) in [4.78, 5) is -0.645. The molecule has 100 valence electrons. The second-order valence-corrected chi connectivity index (χ2v) is 5.92. The van der Waals surface area contributed by atoms with Crippen molar-refractivity contribution in [3.05, 3.63) is 29.8 Å². The average Bonchev–Trinajstić information content (AvgIpc) is 2.33. The molecule has 1 aliphatic rings. The topological polar surface area (TPSA) is 58.2 Å². The molecule has 18 heavy (non-hydrogen) atoms. The minimum Gasteiger partial charge on any atom is -0.315 e. The molecule has 2 N–H and O–H groups in total. The first-order chi connectivity index (χ1) is 8.49. The van der Waals surface area contributed by atoms with E-state index in [1.807, 2.05) is 0 Å². The number of sulfonamides is 1. The van der Waals surface area contributed by atoms with E-state index in [1.165, 1.54) is 0 Å². The van der Waals surface area contributed by atoms with Gasteiger partial charge in [0.05, 0.1) is 0 Å². The van der Waals surface area contributed by atoms with Crippen LogP contribution >= 0.6 is 0 Å². The van der Waals surface area contributed by atoms with Gasteiger partial charge in [0.15, 0.2) is 0 Å². The van der Waals surface area contributed by atoms with Gasteiger partial charge < -0.3 is 5.32 Å². The molecule has 0 radical (unpaired) electrons. The molecule has 0 saturated carbocycles. The monoisotopic (exact) mass is 276 g/mol. The van der Waals surface area contributed by atoms with Crippen molar-refractivity contribution < 1.29 is 17.2 Å². The quantitative estimate of drug-likeness (QED) is 0.866. The van der Waals surface area contributed by atoms with E-state index in [9.17, 15) is 17.2 Å². The predicted molar refractivity (Wildman–Crippen MR) is 62.6 cm³/mol. The van der Waals surface area contributed by atoms with Crippen LogP contribution in [0.25, 0.3) is 0 Å². The summed E-state index contributed by atoms with van der Waals surface area (Å²) in [7, 11) is -4.02. The third-order valence-electron chi connectivity index (χ3n) is 2.80. The summed E-state index contributed by atoms with van der Waals surface area (Å²) < 4.78 is 52.6. The first-order valence-electron chi connectivity index (χ1n) is 5.67. The Balaban J connectivity index is 2.21. The zero-order chi connectivity index (χ0) is 13.2. The third kappa shape index (κ3) is 3.04. The van der Waals surface area contributed by atoms with Crippen molar-refractivity contribution in [2.45, 2.75) is 23.8 Å². The molecule has 0 aromatic heterocycles. The highest BCUT2D eigenvalue weighted by Gasteiger charge is 2.24. The summed E-state index contributed by atoms with van der Waals surface area (Å²) in [5.74, 6) is -1.73. The Morgan fingerprint density at radius 2 is 2.11 bits per heavy atom. The van der Waals surface area contributed by atoms with Gasteiger partial charge in [-0.2, -0.15) is 0 Å². The Bertz CT molecular complexity index is 528. The standard InChI is InChI=1S/C11H14F2N2O2S/c12-8-3-4-10(13)11(6-8)18(16,17)15-9-2-1-5-14-7-9/h3-4,6,9,14-15H,1-2,5,7H2. The third-order valence-corrected chi connectivity index (χ3v) is 4.34. The van der Waals surface area contributed by atoms with E-state index >= 15 is 0 Å². The number of piperidine rings is 1. The fourth-order valence-electron chi connectivity index (χ4n) is 1.92. The van der Waals surface area contributed by atoms with Gasteiger partial charge in [0.2, 0.25) is 10.0 Å². The van der Waals surface area contributed by atoms with E-state index in [2.05, 4.69) is 10.0 Å². The fraction of sp³-hybridized carbons (Fsp3) is 0.455. The maximum atomic E-state index is 13.4. The first-order valence-corrected chi connectivity index (χ1v) is 7.15. The zero-order valence-corrected chi connectivity index (χ0v) is 10.4. The Labute approximate surface area is 104 Å². The smallest absolute Gasteiger partial charge is 0.243 e. The van der Waals surface area contributed by atoms with Crippen LogP contribution in [-0.2, 0) is 10.0 Å². The van der Waals surface area contributed by atoms with Crippen molar-refractivity contribution in [1.82, 2.24) is 10.0 Å². The number of rotatable bonds is 3. The molecule has 1 aromatic rings. The highest BCUT2D eigenvalue weighted by molar-refractivity contribution is 7.89. The summed E-state index contributed by atoms with van der Waals surface area (Å²) in [6.45, 7) is 1.34. The molecular formula is C11H14F2N2O2S. The lowest BCUT2D eigenvalue weighted by Crippen LogP contribution is -2.45. The molecule has 1 atom stereocenters. The van der Waals surface area contributed by atoms with Gasteiger partial charge in [-0.25, -0.2) is 21.9 Å². The Morgan fingerprint density at radius 1 is 1.33 bits per heavy atom. The van der Waals surface area contributed by atoms with Crippen molar-refractivity contribution in [3.8, 4) is 0 Å². The molecule has 1 aliphatic heterocycles. The van der Waals surface area contributed by atoms with Crippen LogP contribution in [0.2, 0.25) is 0 Å². The normalized spacial score (nSPS) is 20.9. The van der Waals surface area contributed by atoms with E-state index in [1.54, 1.807) is 0 Å². The maximum absolute atomic E-state index is 13.4. The second-order valence-electron chi connectivity index (χ2n) is 4.24. The first kappa shape index (κ1) is 13.4. The van der Waals surface area contributed by atoms with Crippen LogP contribution in [0.4, 0.5) is 8.78 Å². The number of benzene rings is 1. The number of nitrogens with one attached hydrogen (secondary N) is 2. The average molecular weight is 276 g/mol. The van der Waals surface area contributed by atoms with Crippen molar-refractivity contribution in [1.29, 1.82) is 0 Å². The van der Waals surface area contributed by atoms with E-state index < -0.39 is 26.6 Å². The molecule has 0 spiro atoms. The van der Waals surface area contributed by atoms with Crippen LogP contribution in [0, 0.1) is 11.6 Å². The lowest BCUT2D eigenvalue weighted by atomic mass is 10.1. The molecule has 0 amide bonds. The molecular weight excluding hydrogens is 262 g/mol. The molecule has 4 nitrogen and oxygen atoms in total. The lowest BCUT2D eigenvalue weighted by Gasteiger charge is -2.23. The van der Waals surface area contributed by atoms with Gasteiger partial charge in [0.25, 0.3) is 0 Å². The molecule has 1 heterocycles. The summed E-state index contributed by atoms with van der Waals surface area (Å²) >= 11 is 0. The summed E-state index contributed by atoms with van der Waals surface area (Å²) in [5, 5.41) is 3.04. The highest BCUT2D eigenvalue weighted by Crippen LogP contribution is 2.17. The SMILES string of the molecule is O=S(=O)(NC1CCCNC1)c1cc(F)ccc1F. The van der Waals surface area contributed by atoms with Gasteiger partial charge in [-0.3, -0.25) is 0 Å². The van der Waals surface area contributed by atoms with Crippen LogP contribution < -0.4 is 10.0 Å². The molecule has 0 bridgehead atoms. The van der Waals surface area contributed by atoms with Crippen molar-refractivity contribution >= 4 is 10.0 Å². The predicted octanol–water partition coefficient (Wildman–Crippen LogP) is 0.995. The minimum atomic E-state index is -4.02. The number of hydrogen-bond donors (Lipinski definition) is 2. The van der Waals surface area contributed by atoms with Crippen molar-refractivity contribution in [3.63, 3.8) is 0 Å². The van der Waals surface area contributed by atoms with Gasteiger partial charge in [0.1, 0.15) is 16.5 Å². The van der Waals surface area contributed by atoms with E-state index in [-0.39, 0.29) is 6.04 Å². The zero-order valence-electron chi connectivity index (χ0n) is 9.62. The molecule has 1 aromatic carbocycles. The summed E-state index contributed by atoms with van der Waals surface area (Å²) in [6, 6.07) is 2.10. The molecule has 0 aliphatic carbocycles. The summed E-state index contributed by atoms with van der Waals surface area (Å²) in [5.41, 5.74) is 0. The van der Waals surface area contributed by atoms with Crippen LogP contribution in [0.15, 0.2) is 23.1 Å². The van der Waals surface area contributed by atoms with Gasteiger partial charge >= 0.3 is 0 Å². The number of hydrogen-bond acceptors (Lipinski definition) is 3. The van der Waals surface area contributed by atoms with Gasteiger partial charge in [-0.15, -0.1) is 0 Å². The van der Waals surface area contributed by atoms with Crippen molar-refractivity contribution in [2.24, 2.45) is 0 Å². The number of halogens is 2. The van der Waals surface area contributed by atoms with Crippen molar-refractivity contribution in [2.75, 3.05) is 13.1 Å². The van der Waals surface area contributed by atoms with Gasteiger partial charge in [0, 0.05) is 12.6 Å². The lowest BCUT2D eigenvalue weighted by molar-refractivity contribution is 0.427. The van der Waals surface area contributed by atoms with Gasteiger partial charge in [-0.05, 0) is 37.6 Å². The minimum absolute atomic E-state index is 0.286. The molecule has 1 fully saturated rings. The Morgan fingerprint density at radius 3 is 2.78 bits per heavy atom. The van der Waals surface area contributed by atoms with Crippen LogP contribution in [0.1, 0.15) is 12.8 Å². The molecule has 2 rings (SSSR count). The summed E-state index contributed by atoms with van der Waals surface area (Å²) in [6.07, 6.45) is 1.53. The highest BCUT2D eigenvalue weighted by atomic mass is 32.2. The molecule has 7 heteroatoms. The second kappa shape index (κ2) is 5.29. The van der Waals surface area contributed by atoms with E-state index in [4.69, 9.17) is 0 Å². The maximum Gasteiger partial charge on any atom is 0.243 e. The molecule has 1 saturated heterocycles. The van der Waals surface area contributed by atoms with E-state index in [0.717, 1.165) is 25.1 Å². The van der Waals surface area contributed by atoms with Gasteiger partial charge in [-0.1, -0.05) is 0 Å². The fourth-order valence-corrected chi connectivity index (χ4v) is 3.28. The van der Waals surface area contributed by atoms with Crippen LogP contribution in [0.5, 0.6) is 0 Å². The largest absolute Gasteiger partial charge is 0.315 e. The Hall–Kier alpha value is -1.05. The van der Waals surface area contributed by atoms with E-state index in [0.29, 0.717) is 19.0 Å². The van der Waals surface area contributed by atoms with Crippen LogP contribution in [-0.4, -0.2) is 27.5 Å². The Kier molecular flexibility index (Phi) is 3.94.